The Hall–Kier alpha value is -1.53. The minimum Gasteiger partial charge on any atom is -0.486 e. The molecule has 0 aromatic heterocycles. The van der Waals surface area contributed by atoms with Gasteiger partial charge in [-0.15, -0.1) is 0 Å². The van der Waals surface area contributed by atoms with Crippen molar-refractivity contribution >= 4 is 23.0 Å². The molecule has 0 amide bonds. The number of anilines is 1. The van der Waals surface area contributed by atoms with Crippen molar-refractivity contribution in [2.24, 2.45) is 5.84 Å². The van der Waals surface area contributed by atoms with Gasteiger partial charge in [-0.3, -0.25) is 0 Å². The van der Waals surface area contributed by atoms with Crippen LogP contribution in [0, 0.1) is 0 Å². The largest absolute Gasteiger partial charge is 0.486 e. The molecule has 4 N–H and O–H groups in total. The zero-order chi connectivity index (χ0) is 10.7. The normalized spacial score (nSPS) is 13.1. The van der Waals surface area contributed by atoms with E-state index in [2.05, 4.69) is 10.7 Å². The van der Waals surface area contributed by atoms with Crippen molar-refractivity contribution in [2.45, 2.75) is 0 Å². The molecular formula is C9H11N3O2S. The van der Waals surface area contributed by atoms with E-state index in [-0.39, 0.29) is 0 Å². The number of hydrogen-bond acceptors (Lipinski definition) is 4. The second-order valence-electron chi connectivity index (χ2n) is 2.96. The van der Waals surface area contributed by atoms with Crippen LogP contribution in [0.1, 0.15) is 0 Å². The summed E-state index contributed by atoms with van der Waals surface area (Å²) in [6, 6.07) is 5.49. The first kappa shape index (κ1) is 10.0. The van der Waals surface area contributed by atoms with Gasteiger partial charge in [0.25, 0.3) is 0 Å². The number of hydrogen-bond donors (Lipinski definition) is 3. The van der Waals surface area contributed by atoms with Crippen LogP contribution < -0.4 is 26.1 Å². The molecule has 0 fully saturated rings. The van der Waals surface area contributed by atoms with E-state index in [1.807, 2.05) is 18.2 Å². The van der Waals surface area contributed by atoms with Gasteiger partial charge < -0.3 is 20.2 Å². The summed E-state index contributed by atoms with van der Waals surface area (Å²) in [5.41, 5.74) is 3.15. The van der Waals surface area contributed by atoms with E-state index < -0.39 is 0 Å². The minimum absolute atomic E-state index is 0.353. The van der Waals surface area contributed by atoms with Gasteiger partial charge in [-0.2, -0.15) is 0 Å². The predicted molar refractivity (Wildman–Crippen MR) is 61.0 cm³/mol. The van der Waals surface area contributed by atoms with Crippen molar-refractivity contribution in [2.75, 3.05) is 18.5 Å². The molecule has 2 rings (SSSR count). The van der Waals surface area contributed by atoms with Crippen LogP contribution >= 0.6 is 12.2 Å². The first-order valence-electron chi connectivity index (χ1n) is 4.47. The molecule has 1 aromatic carbocycles. The van der Waals surface area contributed by atoms with Crippen molar-refractivity contribution in [1.29, 1.82) is 0 Å². The van der Waals surface area contributed by atoms with Crippen LogP contribution in [0.3, 0.4) is 0 Å². The third-order valence-corrected chi connectivity index (χ3v) is 2.15. The average Bonchev–Trinajstić information content (AvgIpc) is 2.29. The van der Waals surface area contributed by atoms with Crippen LogP contribution in [0.15, 0.2) is 18.2 Å². The lowest BCUT2D eigenvalue weighted by Gasteiger charge is -2.19. The molecule has 0 unspecified atom stereocenters. The van der Waals surface area contributed by atoms with E-state index in [4.69, 9.17) is 27.5 Å². The van der Waals surface area contributed by atoms with Gasteiger partial charge in [-0.05, 0) is 24.4 Å². The first-order valence-corrected chi connectivity index (χ1v) is 4.87. The first-order chi connectivity index (χ1) is 7.29. The average molecular weight is 225 g/mol. The fourth-order valence-corrected chi connectivity index (χ4v) is 1.41. The standard InChI is InChI=1S/C9H11N3O2S/c10-12-9(15)11-6-1-2-7-8(5-6)14-4-3-13-7/h1-2,5H,3-4,10H2,(H2,11,12,15). The highest BCUT2D eigenvalue weighted by Crippen LogP contribution is 2.32. The summed E-state index contributed by atoms with van der Waals surface area (Å²) in [6.45, 7) is 1.15. The molecule has 6 heteroatoms. The molecule has 15 heavy (non-hydrogen) atoms. The summed E-state index contributed by atoms with van der Waals surface area (Å²) in [5.74, 6) is 6.61. The van der Waals surface area contributed by atoms with Crippen LogP contribution in [0.25, 0.3) is 0 Å². The van der Waals surface area contributed by atoms with Gasteiger partial charge in [0.2, 0.25) is 0 Å². The molecule has 0 atom stereocenters. The summed E-state index contributed by atoms with van der Waals surface area (Å²) in [4.78, 5) is 0. The highest BCUT2D eigenvalue weighted by molar-refractivity contribution is 7.80. The van der Waals surface area contributed by atoms with Crippen LogP contribution in [-0.4, -0.2) is 18.3 Å². The topological polar surface area (TPSA) is 68.5 Å². The summed E-state index contributed by atoms with van der Waals surface area (Å²) < 4.78 is 10.8. The van der Waals surface area contributed by atoms with Crippen molar-refractivity contribution in [3.05, 3.63) is 18.2 Å². The SMILES string of the molecule is NNC(=S)Nc1ccc2c(c1)OCCO2. The highest BCUT2D eigenvalue weighted by atomic mass is 32.1. The molecule has 0 spiro atoms. The van der Waals surface area contributed by atoms with Gasteiger partial charge in [0.1, 0.15) is 13.2 Å². The second-order valence-corrected chi connectivity index (χ2v) is 3.37. The Kier molecular flexibility index (Phi) is 2.89. The van der Waals surface area contributed by atoms with Crippen molar-refractivity contribution in [3.8, 4) is 11.5 Å². The van der Waals surface area contributed by atoms with E-state index in [0.29, 0.717) is 24.1 Å². The molecule has 0 saturated heterocycles. The Bertz CT molecular complexity index is 384. The number of nitrogens with one attached hydrogen (secondary N) is 2. The van der Waals surface area contributed by atoms with E-state index in [1.165, 1.54) is 0 Å². The zero-order valence-electron chi connectivity index (χ0n) is 7.95. The van der Waals surface area contributed by atoms with Gasteiger partial charge in [0.15, 0.2) is 16.6 Å². The van der Waals surface area contributed by atoms with Crippen LogP contribution in [-0.2, 0) is 0 Å². The van der Waals surface area contributed by atoms with Gasteiger partial charge in [0.05, 0.1) is 0 Å². The molecule has 0 aliphatic carbocycles. The van der Waals surface area contributed by atoms with Crippen molar-refractivity contribution < 1.29 is 9.47 Å². The smallest absolute Gasteiger partial charge is 0.185 e. The van der Waals surface area contributed by atoms with E-state index in [0.717, 1.165) is 11.4 Å². The van der Waals surface area contributed by atoms with Crippen molar-refractivity contribution in [3.63, 3.8) is 0 Å². The maximum atomic E-state index is 5.42. The molecular weight excluding hydrogens is 214 g/mol. The third-order valence-electron chi connectivity index (χ3n) is 1.93. The lowest BCUT2D eigenvalue weighted by molar-refractivity contribution is 0.171. The summed E-state index contributed by atoms with van der Waals surface area (Å²) in [7, 11) is 0. The second kappa shape index (κ2) is 4.33. The predicted octanol–water partition coefficient (Wildman–Crippen LogP) is 0.618. The number of benzene rings is 1. The minimum atomic E-state index is 0.353. The Labute approximate surface area is 92.5 Å². The van der Waals surface area contributed by atoms with Gasteiger partial charge >= 0.3 is 0 Å². The number of hydrazine groups is 1. The van der Waals surface area contributed by atoms with E-state index in [1.54, 1.807) is 0 Å². The Balaban J connectivity index is 2.17. The van der Waals surface area contributed by atoms with Gasteiger partial charge in [-0.25, -0.2) is 5.84 Å². The zero-order valence-corrected chi connectivity index (χ0v) is 8.76. The molecule has 0 bridgehead atoms. The summed E-state index contributed by atoms with van der Waals surface area (Å²) in [5, 5.41) is 3.25. The Morgan fingerprint density at radius 1 is 1.27 bits per heavy atom. The Morgan fingerprint density at radius 2 is 2.00 bits per heavy atom. The summed E-state index contributed by atoms with van der Waals surface area (Å²) in [6.07, 6.45) is 0. The Morgan fingerprint density at radius 3 is 2.73 bits per heavy atom. The fraction of sp³-hybridized carbons (Fsp3) is 0.222. The number of fused-ring (bicyclic) bond motifs is 1. The summed E-state index contributed by atoms with van der Waals surface area (Å²) >= 11 is 4.87. The fourth-order valence-electron chi connectivity index (χ4n) is 1.29. The molecule has 0 radical (unpaired) electrons. The molecule has 1 aliphatic rings. The van der Waals surface area contributed by atoms with E-state index in [9.17, 15) is 0 Å². The lowest BCUT2D eigenvalue weighted by Crippen LogP contribution is -2.34. The molecule has 0 saturated carbocycles. The number of ether oxygens (including phenoxy) is 2. The lowest BCUT2D eigenvalue weighted by atomic mass is 10.2. The molecule has 1 aliphatic heterocycles. The number of nitrogens with two attached hydrogens (primary N) is 1. The maximum absolute atomic E-state index is 5.42. The van der Waals surface area contributed by atoms with Crippen LogP contribution in [0.4, 0.5) is 5.69 Å². The van der Waals surface area contributed by atoms with Crippen LogP contribution in [0.2, 0.25) is 0 Å². The highest BCUT2D eigenvalue weighted by Gasteiger charge is 2.11. The molecule has 5 nitrogen and oxygen atoms in total. The quantitative estimate of drug-likeness (QED) is 0.370. The van der Waals surface area contributed by atoms with Crippen LogP contribution in [0.5, 0.6) is 11.5 Å². The maximum Gasteiger partial charge on any atom is 0.185 e. The van der Waals surface area contributed by atoms with E-state index >= 15 is 0 Å². The third kappa shape index (κ3) is 2.28. The van der Waals surface area contributed by atoms with Gasteiger partial charge in [-0.1, -0.05) is 0 Å². The number of thiocarbonyl (C=S) groups is 1. The monoisotopic (exact) mass is 225 g/mol. The van der Waals surface area contributed by atoms with Crippen molar-refractivity contribution in [1.82, 2.24) is 5.43 Å². The number of rotatable bonds is 1. The molecule has 80 valence electrons. The molecule has 1 heterocycles. The van der Waals surface area contributed by atoms with Gasteiger partial charge in [0, 0.05) is 11.8 Å². The molecule has 1 aromatic rings.